The van der Waals surface area contributed by atoms with E-state index in [1.807, 2.05) is 24.7 Å². The Morgan fingerprint density at radius 2 is 2.16 bits per heavy atom. The fraction of sp³-hybridized carbons (Fsp3) is 0.308. The topological polar surface area (TPSA) is 59.8 Å². The van der Waals surface area contributed by atoms with Gasteiger partial charge in [-0.2, -0.15) is 0 Å². The van der Waals surface area contributed by atoms with E-state index < -0.39 is 0 Å². The minimum atomic E-state index is -0.158. The first kappa shape index (κ1) is 13.6. The van der Waals surface area contributed by atoms with E-state index in [-0.39, 0.29) is 11.2 Å². The van der Waals surface area contributed by atoms with E-state index >= 15 is 0 Å². The van der Waals surface area contributed by atoms with Gasteiger partial charge in [0.25, 0.3) is 0 Å². The molecule has 1 unspecified atom stereocenters. The molecule has 0 spiro atoms. The number of thioether (sulfide) groups is 1. The number of rotatable bonds is 5. The molecule has 1 N–H and O–H groups in total. The SMILES string of the molecule is CCC(Sc1nccn1C)C(=O)Nc1ccncc1. The number of nitrogens with one attached hydrogen (secondary N) is 1. The molecule has 0 saturated heterocycles. The van der Waals surface area contributed by atoms with Gasteiger partial charge in [-0.1, -0.05) is 18.7 Å². The zero-order valence-corrected chi connectivity index (χ0v) is 11.7. The summed E-state index contributed by atoms with van der Waals surface area (Å²) in [4.78, 5) is 20.3. The van der Waals surface area contributed by atoms with Crippen molar-refractivity contribution >= 4 is 23.4 Å². The van der Waals surface area contributed by atoms with Crippen molar-refractivity contribution in [3.05, 3.63) is 36.9 Å². The first-order chi connectivity index (χ1) is 9.20. The number of anilines is 1. The maximum atomic E-state index is 12.2. The van der Waals surface area contributed by atoms with Gasteiger partial charge in [0.05, 0.1) is 5.25 Å². The zero-order chi connectivity index (χ0) is 13.7. The van der Waals surface area contributed by atoms with Gasteiger partial charge in [0.1, 0.15) is 0 Å². The Morgan fingerprint density at radius 1 is 1.42 bits per heavy atom. The van der Waals surface area contributed by atoms with Gasteiger partial charge in [-0.15, -0.1) is 0 Å². The predicted octanol–water partition coefficient (Wildman–Crippen LogP) is 2.32. The number of amides is 1. The molecular weight excluding hydrogens is 260 g/mol. The van der Waals surface area contributed by atoms with E-state index in [1.54, 1.807) is 30.7 Å². The highest BCUT2D eigenvalue weighted by Gasteiger charge is 2.19. The lowest BCUT2D eigenvalue weighted by Crippen LogP contribution is -2.24. The van der Waals surface area contributed by atoms with Crippen LogP contribution >= 0.6 is 11.8 Å². The highest BCUT2D eigenvalue weighted by molar-refractivity contribution is 8.00. The van der Waals surface area contributed by atoms with Gasteiger partial charge >= 0.3 is 0 Å². The van der Waals surface area contributed by atoms with E-state index in [0.29, 0.717) is 0 Å². The second kappa shape index (κ2) is 6.38. The fourth-order valence-electron chi connectivity index (χ4n) is 1.57. The van der Waals surface area contributed by atoms with E-state index in [2.05, 4.69) is 15.3 Å². The standard InChI is InChI=1S/C13H16N4OS/c1-3-11(19-13-15-8-9-17(13)2)12(18)16-10-4-6-14-7-5-10/h4-9,11H,3H2,1-2H3,(H,14,16,18). The van der Waals surface area contributed by atoms with Gasteiger partial charge in [0, 0.05) is 37.5 Å². The summed E-state index contributed by atoms with van der Waals surface area (Å²) in [7, 11) is 1.92. The van der Waals surface area contributed by atoms with Gasteiger partial charge in [0.15, 0.2) is 5.16 Å². The molecule has 19 heavy (non-hydrogen) atoms. The number of imidazole rings is 1. The summed E-state index contributed by atoms with van der Waals surface area (Å²) in [6.45, 7) is 1.99. The molecule has 2 aromatic rings. The summed E-state index contributed by atoms with van der Waals surface area (Å²) >= 11 is 1.47. The van der Waals surface area contributed by atoms with Crippen molar-refractivity contribution in [2.75, 3.05) is 5.32 Å². The van der Waals surface area contributed by atoms with Gasteiger partial charge in [0.2, 0.25) is 5.91 Å². The third kappa shape index (κ3) is 3.57. The van der Waals surface area contributed by atoms with Gasteiger partial charge in [-0.05, 0) is 18.6 Å². The molecule has 0 aliphatic carbocycles. The monoisotopic (exact) mass is 276 g/mol. The molecular formula is C13H16N4OS. The normalized spacial score (nSPS) is 12.1. The average Bonchev–Trinajstić information content (AvgIpc) is 2.82. The van der Waals surface area contributed by atoms with Crippen LogP contribution in [-0.4, -0.2) is 25.7 Å². The van der Waals surface area contributed by atoms with Crippen LogP contribution < -0.4 is 5.32 Å². The molecule has 0 radical (unpaired) electrons. The second-order valence-corrected chi connectivity index (χ2v) is 5.23. The van der Waals surface area contributed by atoms with Crippen LogP contribution in [0, 0.1) is 0 Å². The van der Waals surface area contributed by atoms with E-state index in [0.717, 1.165) is 17.3 Å². The molecule has 2 aromatic heterocycles. The molecule has 0 fully saturated rings. The van der Waals surface area contributed by atoms with Crippen molar-refractivity contribution in [2.45, 2.75) is 23.8 Å². The van der Waals surface area contributed by atoms with Crippen LogP contribution in [0.15, 0.2) is 42.1 Å². The maximum Gasteiger partial charge on any atom is 0.237 e. The van der Waals surface area contributed by atoms with Crippen molar-refractivity contribution in [2.24, 2.45) is 7.05 Å². The van der Waals surface area contributed by atoms with Crippen molar-refractivity contribution in [3.63, 3.8) is 0 Å². The van der Waals surface area contributed by atoms with E-state index in [1.165, 1.54) is 11.8 Å². The lowest BCUT2D eigenvalue weighted by atomic mass is 10.3. The molecule has 6 heteroatoms. The summed E-state index contributed by atoms with van der Waals surface area (Å²) in [5.41, 5.74) is 0.763. The first-order valence-electron chi connectivity index (χ1n) is 6.05. The molecule has 2 rings (SSSR count). The van der Waals surface area contributed by atoms with Crippen LogP contribution in [0.3, 0.4) is 0 Å². The van der Waals surface area contributed by atoms with Crippen LogP contribution in [-0.2, 0) is 11.8 Å². The Hall–Kier alpha value is -1.82. The number of pyridine rings is 1. The van der Waals surface area contributed by atoms with E-state index in [4.69, 9.17) is 0 Å². The van der Waals surface area contributed by atoms with Crippen LogP contribution in [0.25, 0.3) is 0 Å². The molecule has 0 aliphatic rings. The average molecular weight is 276 g/mol. The smallest absolute Gasteiger partial charge is 0.237 e. The molecule has 5 nitrogen and oxygen atoms in total. The van der Waals surface area contributed by atoms with E-state index in [9.17, 15) is 4.79 Å². The number of nitrogens with zero attached hydrogens (tertiary/aromatic N) is 3. The van der Waals surface area contributed by atoms with Crippen LogP contribution in [0.2, 0.25) is 0 Å². The Kier molecular flexibility index (Phi) is 4.57. The number of carbonyl (C=O) groups is 1. The summed E-state index contributed by atoms with van der Waals surface area (Å²) in [6, 6.07) is 3.55. The first-order valence-corrected chi connectivity index (χ1v) is 6.93. The third-order valence-electron chi connectivity index (χ3n) is 2.64. The fourth-order valence-corrected chi connectivity index (χ4v) is 2.51. The molecule has 1 amide bonds. The Morgan fingerprint density at radius 3 is 2.74 bits per heavy atom. The summed E-state index contributed by atoms with van der Waals surface area (Å²) in [6.07, 6.45) is 7.66. The predicted molar refractivity (Wildman–Crippen MR) is 76.0 cm³/mol. The summed E-state index contributed by atoms with van der Waals surface area (Å²) in [5, 5.41) is 3.57. The number of aromatic nitrogens is 3. The molecule has 0 saturated carbocycles. The molecule has 0 aliphatic heterocycles. The van der Waals surface area contributed by atoms with Crippen LogP contribution in [0.5, 0.6) is 0 Å². The molecule has 0 bridgehead atoms. The van der Waals surface area contributed by atoms with Crippen molar-refractivity contribution in [1.29, 1.82) is 0 Å². The quantitative estimate of drug-likeness (QED) is 0.851. The molecule has 0 aromatic carbocycles. The lowest BCUT2D eigenvalue weighted by molar-refractivity contribution is -0.115. The zero-order valence-electron chi connectivity index (χ0n) is 10.9. The lowest BCUT2D eigenvalue weighted by Gasteiger charge is -2.14. The summed E-state index contributed by atoms with van der Waals surface area (Å²) in [5.74, 6) is -0.0123. The molecule has 1 atom stereocenters. The van der Waals surface area contributed by atoms with Crippen molar-refractivity contribution in [3.8, 4) is 0 Å². The Balaban J connectivity index is 2.01. The van der Waals surface area contributed by atoms with Gasteiger partial charge in [-0.25, -0.2) is 4.98 Å². The van der Waals surface area contributed by atoms with Crippen LogP contribution in [0.1, 0.15) is 13.3 Å². The number of hydrogen-bond donors (Lipinski definition) is 1. The highest BCUT2D eigenvalue weighted by atomic mass is 32.2. The minimum Gasteiger partial charge on any atom is -0.329 e. The van der Waals surface area contributed by atoms with Gasteiger partial charge < -0.3 is 9.88 Å². The Bertz CT molecular complexity index is 541. The molecule has 2 heterocycles. The Labute approximate surface area is 116 Å². The van der Waals surface area contributed by atoms with Gasteiger partial charge in [-0.3, -0.25) is 9.78 Å². The van der Waals surface area contributed by atoms with Crippen LogP contribution in [0.4, 0.5) is 5.69 Å². The van der Waals surface area contributed by atoms with Crippen molar-refractivity contribution < 1.29 is 4.79 Å². The maximum absolute atomic E-state index is 12.2. The highest BCUT2D eigenvalue weighted by Crippen LogP contribution is 2.24. The minimum absolute atomic E-state index is 0.0123. The number of hydrogen-bond acceptors (Lipinski definition) is 4. The van der Waals surface area contributed by atoms with Crippen molar-refractivity contribution in [1.82, 2.24) is 14.5 Å². The second-order valence-electron chi connectivity index (χ2n) is 4.06. The molecule has 100 valence electrons. The number of aryl methyl sites for hydroxylation is 1. The third-order valence-corrected chi connectivity index (χ3v) is 4.07. The largest absolute Gasteiger partial charge is 0.329 e. The number of carbonyl (C=O) groups excluding carboxylic acids is 1. The summed E-state index contributed by atoms with van der Waals surface area (Å²) < 4.78 is 1.91.